The molecule has 0 radical (unpaired) electrons. The second-order valence-electron chi connectivity index (χ2n) is 5.02. The highest BCUT2D eigenvalue weighted by Crippen LogP contribution is 2.28. The van der Waals surface area contributed by atoms with Crippen LogP contribution in [0.25, 0.3) is 11.4 Å². The van der Waals surface area contributed by atoms with Gasteiger partial charge >= 0.3 is 6.18 Å². The molecule has 0 bridgehead atoms. The van der Waals surface area contributed by atoms with Crippen LogP contribution in [-0.2, 0) is 19.1 Å². The molecule has 0 unspecified atom stereocenters. The summed E-state index contributed by atoms with van der Waals surface area (Å²) in [6.45, 7) is 1.81. The Morgan fingerprint density at radius 2 is 1.91 bits per heavy atom. The van der Waals surface area contributed by atoms with Crippen LogP contribution in [0.5, 0.6) is 0 Å². The van der Waals surface area contributed by atoms with E-state index in [2.05, 4.69) is 15.2 Å². The molecular weight excluding hydrogens is 309 g/mol. The average Bonchev–Trinajstić information content (AvgIpc) is 3.12. The molecule has 1 aromatic carbocycles. The third kappa shape index (κ3) is 3.41. The Morgan fingerprint density at radius 1 is 1.17 bits per heavy atom. The molecule has 0 N–H and O–H groups in total. The normalized spacial score (nSPS) is 11.8. The van der Waals surface area contributed by atoms with Gasteiger partial charge in [0.2, 0.25) is 11.7 Å². The van der Waals surface area contributed by atoms with E-state index in [-0.39, 0.29) is 6.54 Å². The van der Waals surface area contributed by atoms with Crippen LogP contribution in [0.2, 0.25) is 0 Å². The summed E-state index contributed by atoms with van der Waals surface area (Å²) in [7, 11) is 0. The molecule has 0 fully saturated rings. The monoisotopic (exact) mass is 322 g/mol. The van der Waals surface area contributed by atoms with E-state index in [4.69, 9.17) is 4.52 Å². The van der Waals surface area contributed by atoms with Crippen molar-refractivity contribution in [3.05, 3.63) is 53.7 Å². The quantitative estimate of drug-likeness (QED) is 0.737. The van der Waals surface area contributed by atoms with Gasteiger partial charge in [-0.05, 0) is 13.0 Å². The third-order valence-electron chi connectivity index (χ3n) is 3.31. The van der Waals surface area contributed by atoms with Gasteiger partial charge in [-0.25, -0.2) is 0 Å². The zero-order valence-electron chi connectivity index (χ0n) is 12.2. The highest BCUT2D eigenvalue weighted by atomic mass is 19.4. The van der Waals surface area contributed by atoms with Gasteiger partial charge < -0.3 is 4.52 Å². The number of halogens is 3. The number of benzene rings is 1. The van der Waals surface area contributed by atoms with Crippen molar-refractivity contribution in [3.8, 4) is 11.4 Å². The van der Waals surface area contributed by atoms with Crippen molar-refractivity contribution in [1.29, 1.82) is 0 Å². The summed E-state index contributed by atoms with van der Waals surface area (Å²) in [5.41, 5.74) is 0.350. The van der Waals surface area contributed by atoms with Crippen LogP contribution in [0.4, 0.5) is 13.2 Å². The number of aryl methyl sites for hydroxylation is 3. The molecule has 0 aliphatic rings. The summed E-state index contributed by atoms with van der Waals surface area (Å²) in [5, 5.41) is 7.43. The molecule has 3 rings (SSSR count). The minimum atomic E-state index is -4.44. The molecule has 0 amide bonds. The second-order valence-corrected chi connectivity index (χ2v) is 5.02. The molecule has 0 saturated heterocycles. The number of alkyl halides is 3. The van der Waals surface area contributed by atoms with E-state index in [9.17, 15) is 13.2 Å². The lowest BCUT2D eigenvalue weighted by Crippen LogP contribution is -2.09. The van der Waals surface area contributed by atoms with E-state index in [0.29, 0.717) is 23.8 Å². The minimum Gasteiger partial charge on any atom is -0.339 e. The van der Waals surface area contributed by atoms with Gasteiger partial charge in [0.15, 0.2) is 5.69 Å². The Hall–Kier alpha value is -2.64. The predicted molar refractivity (Wildman–Crippen MR) is 75.4 cm³/mol. The third-order valence-corrected chi connectivity index (χ3v) is 3.31. The topological polar surface area (TPSA) is 56.7 Å². The molecule has 2 heterocycles. The highest BCUT2D eigenvalue weighted by Gasteiger charge is 2.34. The summed E-state index contributed by atoms with van der Waals surface area (Å²) in [5.74, 6) is 0.807. The van der Waals surface area contributed by atoms with Gasteiger partial charge in [0.05, 0.1) is 0 Å². The van der Waals surface area contributed by atoms with E-state index in [1.54, 1.807) is 6.92 Å². The lowest BCUT2D eigenvalue weighted by molar-refractivity contribution is -0.141. The number of hydrogen-bond donors (Lipinski definition) is 0. The van der Waals surface area contributed by atoms with Crippen LogP contribution in [0.15, 0.2) is 40.9 Å². The fourth-order valence-corrected chi connectivity index (χ4v) is 2.14. The molecule has 120 valence electrons. The van der Waals surface area contributed by atoms with E-state index >= 15 is 0 Å². The first-order valence-corrected chi connectivity index (χ1v) is 6.93. The van der Waals surface area contributed by atoms with Crippen molar-refractivity contribution in [3.63, 3.8) is 0 Å². The Bertz CT molecular complexity index is 793. The molecule has 8 heteroatoms. The van der Waals surface area contributed by atoms with Crippen LogP contribution in [-0.4, -0.2) is 19.9 Å². The summed E-state index contributed by atoms with van der Waals surface area (Å²) in [6.07, 6.45) is -4.14. The lowest BCUT2D eigenvalue weighted by atomic mass is 10.2. The van der Waals surface area contributed by atoms with Crippen molar-refractivity contribution < 1.29 is 17.7 Å². The Labute approximate surface area is 129 Å². The largest absolute Gasteiger partial charge is 0.435 e. The van der Waals surface area contributed by atoms with E-state index in [1.807, 2.05) is 30.3 Å². The molecule has 0 saturated carbocycles. The second kappa shape index (κ2) is 5.86. The van der Waals surface area contributed by atoms with Crippen LogP contribution in [0.1, 0.15) is 17.3 Å². The summed E-state index contributed by atoms with van der Waals surface area (Å²) in [4.78, 5) is 4.24. The van der Waals surface area contributed by atoms with Gasteiger partial charge in [-0.2, -0.15) is 23.3 Å². The van der Waals surface area contributed by atoms with Gasteiger partial charge in [0, 0.05) is 24.2 Å². The molecule has 0 atom stereocenters. The SMILES string of the molecule is Cc1cc(C(F)(F)F)nn1CCc1nc(-c2ccccc2)no1. The molecule has 0 aliphatic carbocycles. The number of rotatable bonds is 4. The van der Waals surface area contributed by atoms with Crippen molar-refractivity contribution in [2.45, 2.75) is 26.1 Å². The standard InChI is InChI=1S/C15H13F3N4O/c1-10-9-12(15(16,17)18)20-22(10)8-7-13-19-14(21-23-13)11-5-3-2-4-6-11/h2-6,9H,7-8H2,1H3. The Balaban J connectivity index is 1.70. The Kier molecular flexibility index (Phi) is 3.89. The van der Waals surface area contributed by atoms with Gasteiger partial charge in [-0.15, -0.1) is 0 Å². The molecular formula is C15H13F3N4O. The molecule has 2 aromatic heterocycles. The van der Waals surface area contributed by atoms with Crippen LogP contribution in [0.3, 0.4) is 0 Å². The van der Waals surface area contributed by atoms with Gasteiger partial charge in [-0.3, -0.25) is 4.68 Å². The first kappa shape index (κ1) is 15.3. The van der Waals surface area contributed by atoms with Gasteiger partial charge in [0.25, 0.3) is 0 Å². The van der Waals surface area contributed by atoms with Gasteiger partial charge in [-0.1, -0.05) is 35.5 Å². The van der Waals surface area contributed by atoms with Crippen molar-refractivity contribution in [1.82, 2.24) is 19.9 Å². The molecule has 23 heavy (non-hydrogen) atoms. The molecule has 5 nitrogen and oxygen atoms in total. The zero-order chi connectivity index (χ0) is 16.4. The van der Waals surface area contributed by atoms with Crippen LogP contribution >= 0.6 is 0 Å². The van der Waals surface area contributed by atoms with Gasteiger partial charge in [0.1, 0.15) is 0 Å². The van der Waals surface area contributed by atoms with E-state index in [0.717, 1.165) is 11.6 Å². The van der Waals surface area contributed by atoms with Crippen LogP contribution < -0.4 is 0 Å². The number of aromatic nitrogens is 4. The Morgan fingerprint density at radius 3 is 2.57 bits per heavy atom. The fraction of sp³-hybridized carbons (Fsp3) is 0.267. The maximum atomic E-state index is 12.6. The summed E-state index contributed by atoms with van der Waals surface area (Å²) in [6, 6.07) is 10.3. The molecule has 3 aromatic rings. The number of hydrogen-bond acceptors (Lipinski definition) is 4. The fourth-order valence-electron chi connectivity index (χ4n) is 2.14. The lowest BCUT2D eigenvalue weighted by Gasteiger charge is -2.02. The summed E-state index contributed by atoms with van der Waals surface area (Å²) >= 11 is 0. The average molecular weight is 322 g/mol. The van der Waals surface area contributed by atoms with Crippen LogP contribution in [0, 0.1) is 6.92 Å². The molecule has 0 aliphatic heterocycles. The van der Waals surface area contributed by atoms with Crippen molar-refractivity contribution >= 4 is 0 Å². The zero-order valence-corrected chi connectivity index (χ0v) is 12.2. The smallest absolute Gasteiger partial charge is 0.339 e. The first-order chi connectivity index (χ1) is 10.9. The maximum Gasteiger partial charge on any atom is 0.435 e. The minimum absolute atomic E-state index is 0.234. The van der Waals surface area contributed by atoms with E-state index < -0.39 is 11.9 Å². The molecule has 0 spiro atoms. The highest BCUT2D eigenvalue weighted by molar-refractivity contribution is 5.53. The van der Waals surface area contributed by atoms with Crippen molar-refractivity contribution in [2.24, 2.45) is 0 Å². The summed E-state index contributed by atoms with van der Waals surface area (Å²) < 4.78 is 44.3. The first-order valence-electron chi connectivity index (χ1n) is 6.93. The van der Waals surface area contributed by atoms with Crippen molar-refractivity contribution in [2.75, 3.05) is 0 Å². The van der Waals surface area contributed by atoms with E-state index in [1.165, 1.54) is 4.68 Å². The maximum absolute atomic E-state index is 12.6. The predicted octanol–water partition coefficient (Wildman–Crippen LogP) is 3.50. The number of nitrogens with zero attached hydrogens (tertiary/aromatic N) is 4.